The van der Waals surface area contributed by atoms with Crippen LogP contribution in [0, 0.1) is 0 Å². The molecule has 0 bridgehead atoms. The van der Waals surface area contributed by atoms with Gasteiger partial charge in [-0.2, -0.15) is 0 Å². The van der Waals surface area contributed by atoms with Crippen LogP contribution < -0.4 is 0 Å². The number of nitrogens with zero attached hydrogens (tertiary/aromatic N) is 2. The predicted octanol–water partition coefficient (Wildman–Crippen LogP) is 2.91. The van der Waals surface area contributed by atoms with Crippen molar-refractivity contribution in [3.05, 3.63) is 40.8 Å². The average molecular weight is 304 g/mol. The van der Waals surface area contributed by atoms with Crippen molar-refractivity contribution in [3.63, 3.8) is 0 Å². The van der Waals surface area contributed by atoms with E-state index in [1.54, 1.807) is 11.9 Å². The number of aliphatic hydroxyl groups excluding tert-OH is 1. The summed E-state index contributed by atoms with van der Waals surface area (Å²) in [4.78, 5) is 15.2. The zero-order valence-electron chi connectivity index (χ0n) is 12.1. The minimum Gasteiger partial charge on any atom is -0.391 e. The summed E-state index contributed by atoms with van der Waals surface area (Å²) in [5.41, 5.74) is 0.909. The van der Waals surface area contributed by atoms with E-state index >= 15 is 0 Å². The summed E-state index contributed by atoms with van der Waals surface area (Å²) in [6.07, 6.45) is 7.28. The van der Waals surface area contributed by atoms with E-state index in [9.17, 15) is 9.90 Å². The van der Waals surface area contributed by atoms with Crippen molar-refractivity contribution in [2.75, 3.05) is 7.05 Å². The minimum atomic E-state index is -0.400. The Morgan fingerprint density at radius 2 is 2.05 bits per heavy atom. The summed E-state index contributed by atoms with van der Waals surface area (Å²) in [7, 11) is 1.81. The summed E-state index contributed by atoms with van der Waals surface area (Å²) < 4.78 is 1.95. The molecule has 5 heteroatoms. The van der Waals surface area contributed by atoms with E-state index in [0.29, 0.717) is 0 Å². The molecule has 1 N–H and O–H groups in total. The zero-order chi connectivity index (χ0) is 14.8. The van der Waals surface area contributed by atoms with Crippen LogP contribution in [0.15, 0.2) is 36.0 Å². The Bertz CT molecular complexity index is 606. The Balaban J connectivity index is 1.84. The van der Waals surface area contributed by atoms with Crippen LogP contribution in [0.4, 0.5) is 0 Å². The van der Waals surface area contributed by atoms with Gasteiger partial charge in [-0.05, 0) is 36.4 Å². The molecule has 0 aliphatic heterocycles. The third kappa shape index (κ3) is 2.76. The van der Waals surface area contributed by atoms with Crippen molar-refractivity contribution in [2.24, 2.45) is 0 Å². The van der Waals surface area contributed by atoms with Crippen LogP contribution in [0.25, 0.3) is 5.69 Å². The maximum absolute atomic E-state index is 12.8. The molecule has 2 unspecified atom stereocenters. The highest BCUT2D eigenvalue weighted by Crippen LogP contribution is 2.27. The molecule has 0 aromatic carbocycles. The van der Waals surface area contributed by atoms with Gasteiger partial charge < -0.3 is 14.6 Å². The van der Waals surface area contributed by atoms with Gasteiger partial charge in [0, 0.05) is 19.4 Å². The van der Waals surface area contributed by atoms with E-state index in [1.165, 1.54) is 11.3 Å². The fraction of sp³-hybridized carbons (Fsp3) is 0.438. The number of hydrogen-bond donors (Lipinski definition) is 1. The van der Waals surface area contributed by atoms with E-state index in [-0.39, 0.29) is 11.9 Å². The topological polar surface area (TPSA) is 45.5 Å². The highest BCUT2D eigenvalue weighted by molar-refractivity contribution is 7.12. The maximum atomic E-state index is 12.8. The summed E-state index contributed by atoms with van der Waals surface area (Å²) in [6.45, 7) is 0. The van der Waals surface area contributed by atoms with Crippen molar-refractivity contribution < 1.29 is 9.90 Å². The lowest BCUT2D eigenvalue weighted by Crippen LogP contribution is -2.46. The van der Waals surface area contributed by atoms with Crippen LogP contribution >= 0.6 is 11.3 Å². The second-order valence-corrected chi connectivity index (χ2v) is 6.48. The Hall–Kier alpha value is -1.59. The molecule has 1 aliphatic rings. The summed E-state index contributed by atoms with van der Waals surface area (Å²) in [6, 6.07) is 5.79. The van der Waals surface area contributed by atoms with E-state index in [4.69, 9.17) is 0 Å². The number of amides is 1. The van der Waals surface area contributed by atoms with Gasteiger partial charge in [0.15, 0.2) is 0 Å². The molecule has 1 saturated carbocycles. The third-order valence-electron chi connectivity index (χ3n) is 4.23. The van der Waals surface area contributed by atoms with E-state index in [2.05, 4.69) is 0 Å². The Morgan fingerprint density at radius 1 is 1.33 bits per heavy atom. The Morgan fingerprint density at radius 3 is 2.76 bits per heavy atom. The van der Waals surface area contributed by atoms with Crippen LogP contribution in [0.1, 0.15) is 35.4 Å². The Labute approximate surface area is 128 Å². The van der Waals surface area contributed by atoms with E-state index in [0.717, 1.165) is 36.2 Å². The summed E-state index contributed by atoms with van der Waals surface area (Å²) >= 11 is 1.46. The molecular weight excluding hydrogens is 284 g/mol. The second-order valence-electron chi connectivity index (χ2n) is 5.56. The lowest BCUT2D eigenvalue weighted by molar-refractivity contribution is 0.0271. The van der Waals surface area contributed by atoms with Gasteiger partial charge in [-0.1, -0.05) is 12.8 Å². The molecule has 1 aliphatic carbocycles. The number of hydrogen-bond acceptors (Lipinski definition) is 3. The number of aliphatic hydroxyl groups is 1. The van der Waals surface area contributed by atoms with Crippen molar-refractivity contribution in [2.45, 2.75) is 37.8 Å². The van der Waals surface area contributed by atoms with Gasteiger partial charge in [0.1, 0.15) is 4.88 Å². The largest absolute Gasteiger partial charge is 0.391 e. The van der Waals surface area contributed by atoms with E-state index < -0.39 is 6.10 Å². The quantitative estimate of drug-likeness (QED) is 0.947. The first-order valence-electron chi connectivity index (χ1n) is 7.34. The van der Waals surface area contributed by atoms with Crippen LogP contribution in [0.2, 0.25) is 0 Å². The second kappa shape index (κ2) is 6.03. The smallest absolute Gasteiger partial charge is 0.266 e. The molecule has 1 fully saturated rings. The fourth-order valence-electron chi connectivity index (χ4n) is 3.02. The molecule has 112 valence electrons. The Kier molecular flexibility index (Phi) is 4.12. The third-order valence-corrected chi connectivity index (χ3v) is 5.12. The fourth-order valence-corrected chi connectivity index (χ4v) is 3.89. The molecule has 0 spiro atoms. The first-order chi connectivity index (χ1) is 10.2. The summed E-state index contributed by atoms with van der Waals surface area (Å²) in [5.74, 6) is -0.000324. The van der Waals surface area contributed by atoms with Gasteiger partial charge in [0.2, 0.25) is 0 Å². The monoisotopic (exact) mass is 304 g/mol. The van der Waals surface area contributed by atoms with Gasteiger partial charge in [0.05, 0.1) is 17.8 Å². The van der Waals surface area contributed by atoms with Gasteiger partial charge in [-0.3, -0.25) is 4.79 Å². The van der Waals surface area contributed by atoms with Crippen LogP contribution in [-0.4, -0.2) is 39.7 Å². The van der Waals surface area contributed by atoms with Gasteiger partial charge >= 0.3 is 0 Å². The normalized spacial score (nSPS) is 22.2. The lowest BCUT2D eigenvalue weighted by Gasteiger charge is -2.35. The number of carbonyl (C=O) groups is 1. The minimum absolute atomic E-state index is 0.000324. The standard InChI is InChI=1S/C16H20N2O2S/c1-17(12-6-2-3-7-14(12)19)16(20)15-13(8-11-21-15)18-9-4-5-10-18/h4-5,8-12,14,19H,2-3,6-7H2,1H3. The number of carbonyl (C=O) groups excluding carboxylic acids is 1. The molecule has 1 amide bonds. The number of aromatic nitrogens is 1. The number of thiophene rings is 1. The molecule has 2 aromatic heterocycles. The van der Waals surface area contributed by atoms with Crippen molar-refractivity contribution in [3.8, 4) is 5.69 Å². The molecule has 4 nitrogen and oxygen atoms in total. The molecule has 3 rings (SSSR count). The van der Waals surface area contributed by atoms with Crippen molar-refractivity contribution in [1.82, 2.24) is 9.47 Å². The molecule has 2 heterocycles. The van der Waals surface area contributed by atoms with Gasteiger partial charge in [-0.25, -0.2) is 0 Å². The first-order valence-corrected chi connectivity index (χ1v) is 8.22. The molecular formula is C16H20N2O2S. The van der Waals surface area contributed by atoms with Crippen LogP contribution in [0.5, 0.6) is 0 Å². The van der Waals surface area contributed by atoms with Gasteiger partial charge in [0.25, 0.3) is 5.91 Å². The molecule has 0 saturated heterocycles. The summed E-state index contributed by atoms with van der Waals surface area (Å²) in [5, 5.41) is 12.1. The highest BCUT2D eigenvalue weighted by Gasteiger charge is 2.31. The van der Waals surface area contributed by atoms with Crippen LogP contribution in [0.3, 0.4) is 0 Å². The van der Waals surface area contributed by atoms with Crippen molar-refractivity contribution in [1.29, 1.82) is 0 Å². The lowest BCUT2D eigenvalue weighted by atomic mass is 9.91. The average Bonchev–Trinajstić information content (AvgIpc) is 3.16. The molecule has 2 aromatic rings. The number of rotatable bonds is 3. The van der Waals surface area contributed by atoms with Crippen molar-refractivity contribution >= 4 is 17.2 Å². The molecule has 21 heavy (non-hydrogen) atoms. The predicted molar refractivity (Wildman–Crippen MR) is 84.0 cm³/mol. The van der Waals surface area contributed by atoms with Gasteiger partial charge in [-0.15, -0.1) is 11.3 Å². The molecule has 2 atom stereocenters. The molecule has 0 radical (unpaired) electrons. The maximum Gasteiger partial charge on any atom is 0.266 e. The highest BCUT2D eigenvalue weighted by atomic mass is 32.1. The number of likely N-dealkylation sites (N-methyl/N-ethyl adjacent to an activating group) is 1. The van der Waals surface area contributed by atoms with Crippen LogP contribution in [-0.2, 0) is 0 Å². The van der Waals surface area contributed by atoms with E-state index in [1.807, 2.05) is 40.5 Å². The zero-order valence-corrected chi connectivity index (χ0v) is 12.9. The SMILES string of the molecule is CN(C(=O)c1sccc1-n1cccc1)C1CCCCC1O. The first kappa shape index (κ1) is 14.4.